The second-order valence-corrected chi connectivity index (χ2v) is 6.31. The molecule has 0 aromatic rings. The highest BCUT2D eigenvalue weighted by molar-refractivity contribution is 4.85. The first kappa shape index (κ1) is 18.9. The van der Waals surface area contributed by atoms with Crippen LogP contribution < -0.4 is 5.32 Å². The Morgan fingerprint density at radius 2 is 1.43 bits per heavy atom. The molecule has 0 spiro atoms. The second kappa shape index (κ2) is 12.4. The molecule has 3 atom stereocenters. The van der Waals surface area contributed by atoms with Crippen LogP contribution in [0, 0.1) is 0 Å². The minimum atomic E-state index is -0.741. The highest BCUT2D eigenvalue weighted by Gasteiger charge is 2.30. The van der Waals surface area contributed by atoms with Gasteiger partial charge in [-0.25, -0.2) is 0 Å². The van der Waals surface area contributed by atoms with Crippen molar-refractivity contribution in [3.63, 3.8) is 0 Å². The zero-order chi connectivity index (χ0) is 15.3. The van der Waals surface area contributed by atoms with Crippen molar-refractivity contribution >= 4 is 0 Å². The molecular weight excluding hydrogens is 266 g/mol. The number of aliphatic hydroxyl groups excluding tert-OH is 2. The molecule has 0 unspecified atom stereocenters. The summed E-state index contributed by atoms with van der Waals surface area (Å²) in [6.45, 7) is 4.03. The smallest absolute Gasteiger partial charge is 0.108 e. The predicted molar refractivity (Wildman–Crippen MR) is 86.5 cm³/mol. The number of rotatable bonds is 12. The maximum atomic E-state index is 9.78. The molecular formula is C17H35NO3. The van der Waals surface area contributed by atoms with Crippen molar-refractivity contribution in [2.45, 2.75) is 89.4 Å². The molecule has 0 amide bonds. The lowest BCUT2D eigenvalue weighted by molar-refractivity contribution is -0.104. The Labute approximate surface area is 130 Å². The van der Waals surface area contributed by atoms with Crippen molar-refractivity contribution < 1.29 is 14.9 Å². The lowest BCUT2D eigenvalue weighted by Gasteiger charge is -2.32. The summed E-state index contributed by atoms with van der Waals surface area (Å²) in [5, 5.41) is 22.4. The first-order valence-corrected chi connectivity index (χ1v) is 8.94. The number of β-amino-alcohol motifs (C(OH)–C–C–N with tert-alkyl or cyclic N) is 1. The molecule has 0 saturated carbocycles. The molecule has 1 fully saturated rings. The molecule has 3 N–H and O–H groups in total. The first-order chi connectivity index (χ1) is 10.3. The average molecular weight is 301 g/mol. The van der Waals surface area contributed by atoms with E-state index < -0.39 is 12.2 Å². The summed E-state index contributed by atoms with van der Waals surface area (Å²) in [5.41, 5.74) is 0. The molecule has 126 valence electrons. The van der Waals surface area contributed by atoms with Gasteiger partial charge in [0.05, 0.1) is 12.2 Å². The standard InChI is InChI=1S/C17H35NO3/c1-2-3-4-5-6-7-8-9-10-11-12-21-16-14-18-13-15(19)17(16)20/h15-20H,2-14H2,1H3/t15-,16+,17+/m1/s1. The van der Waals surface area contributed by atoms with Crippen LogP contribution in [0.25, 0.3) is 0 Å². The summed E-state index contributed by atoms with van der Waals surface area (Å²) in [4.78, 5) is 0. The monoisotopic (exact) mass is 301 g/mol. The van der Waals surface area contributed by atoms with Gasteiger partial charge in [0, 0.05) is 19.7 Å². The van der Waals surface area contributed by atoms with Gasteiger partial charge in [-0.1, -0.05) is 64.7 Å². The van der Waals surface area contributed by atoms with E-state index in [0.717, 1.165) is 6.42 Å². The van der Waals surface area contributed by atoms with Crippen LogP contribution in [-0.2, 0) is 4.74 Å². The Balaban J connectivity index is 1.84. The fourth-order valence-electron chi connectivity index (χ4n) is 2.84. The van der Waals surface area contributed by atoms with E-state index in [2.05, 4.69) is 12.2 Å². The van der Waals surface area contributed by atoms with Crippen LogP contribution in [-0.4, -0.2) is 48.2 Å². The maximum Gasteiger partial charge on any atom is 0.108 e. The Bertz CT molecular complexity index is 238. The van der Waals surface area contributed by atoms with Crippen molar-refractivity contribution in [3.05, 3.63) is 0 Å². The maximum absolute atomic E-state index is 9.78. The number of piperidine rings is 1. The lowest BCUT2D eigenvalue weighted by atomic mass is 10.0. The normalized spacial score (nSPS) is 26.1. The van der Waals surface area contributed by atoms with E-state index in [1.54, 1.807) is 0 Å². The number of hydrogen-bond acceptors (Lipinski definition) is 4. The minimum absolute atomic E-state index is 0.257. The zero-order valence-corrected chi connectivity index (χ0v) is 13.7. The van der Waals surface area contributed by atoms with E-state index in [1.807, 2.05) is 0 Å². The fourth-order valence-corrected chi connectivity index (χ4v) is 2.84. The quantitative estimate of drug-likeness (QED) is 0.485. The predicted octanol–water partition coefficient (Wildman–Crippen LogP) is 2.62. The minimum Gasteiger partial charge on any atom is -0.389 e. The zero-order valence-electron chi connectivity index (χ0n) is 13.7. The third-order valence-electron chi connectivity index (χ3n) is 4.30. The van der Waals surface area contributed by atoms with Crippen LogP contribution in [0.4, 0.5) is 0 Å². The average Bonchev–Trinajstić information content (AvgIpc) is 2.49. The van der Waals surface area contributed by atoms with Gasteiger partial charge in [-0.15, -0.1) is 0 Å². The van der Waals surface area contributed by atoms with Gasteiger partial charge in [0.15, 0.2) is 0 Å². The molecule has 1 saturated heterocycles. The van der Waals surface area contributed by atoms with Gasteiger partial charge in [0.1, 0.15) is 6.10 Å². The molecule has 4 nitrogen and oxygen atoms in total. The summed E-state index contributed by atoms with van der Waals surface area (Å²) in [6.07, 6.45) is 11.4. The van der Waals surface area contributed by atoms with Crippen LogP contribution in [0.15, 0.2) is 0 Å². The molecule has 0 aromatic carbocycles. The van der Waals surface area contributed by atoms with Crippen molar-refractivity contribution in [1.82, 2.24) is 5.32 Å². The summed E-state index contributed by atoms with van der Waals surface area (Å²) in [6, 6.07) is 0. The lowest BCUT2D eigenvalue weighted by Crippen LogP contribution is -2.54. The summed E-state index contributed by atoms with van der Waals surface area (Å²) in [7, 11) is 0. The molecule has 1 aliphatic rings. The van der Waals surface area contributed by atoms with Gasteiger partial charge in [-0.2, -0.15) is 0 Å². The van der Waals surface area contributed by atoms with E-state index in [4.69, 9.17) is 4.74 Å². The number of unbranched alkanes of at least 4 members (excludes halogenated alkanes) is 9. The first-order valence-electron chi connectivity index (χ1n) is 8.94. The van der Waals surface area contributed by atoms with Crippen LogP contribution in [0.3, 0.4) is 0 Å². The molecule has 0 aliphatic carbocycles. The second-order valence-electron chi connectivity index (χ2n) is 6.31. The molecule has 0 bridgehead atoms. The van der Waals surface area contributed by atoms with Crippen LogP contribution in [0.2, 0.25) is 0 Å². The molecule has 1 aliphatic heterocycles. The van der Waals surface area contributed by atoms with E-state index in [9.17, 15) is 10.2 Å². The number of nitrogens with one attached hydrogen (secondary N) is 1. The highest BCUT2D eigenvalue weighted by Crippen LogP contribution is 2.12. The molecule has 0 aromatic heterocycles. The van der Waals surface area contributed by atoms with Gasteiger partial charge >= 0.3 is 0 Å². The van der Waals surface area contributed by atoms with Crippen LogP contribution >= 0.6 is 0 Å². The molecule has 4 heteroatoms. The van der Waals surface area contributed by atoms with Gasteiger partial charge < -0.3 is 20.3 Å². The molecule has 1 heterocycles. The summed E-state index contributed by atoms with van der Waals surface area (Å²) < 4.78 is 5.67. The number of hydrogen-bond donors (Lipinski definition) is 3. The largest absolute Gasteiger partial charge is 0.389 e. The van der Waals surface area contributed by atoms with Crippen molar-refractivity contribution in [2.75, 3.05) is 19.7 Å². The molecule has 21 heavy (non-hydrogen) atoms. The van der Waals surface area contributed by atoms with Gasteiger partial charge in [-0.05, 0) is 6.42 Å². The summed E-state index contributed by atoms with van der Waals surface area (Å²) in [5.74, 6) is 0. The Morgan fingerprint density at radius 1 is 0.857 bits per heavy atom. The topological polar surface area (TPSA) is 61.7 Å². The van der Waals surface area contributed by atoms with Gasteiger partial charge in [0.2, 0.25) is 0 Å². The number of aliphatic hydroxyl groups is 2. The third-order valence-corrected chi connectivity index (χ3v) is 4.30. The number of ether oxygens (including phenoxy) is 1. The van der Waals surface area contributed by atoms with Crippen molar-refractivity contribution in [2.24, 2.45) is 0 Å². The Hall–Kier alpha value is -0.160. The van der Waals surface area contributed by atoms with Crippen molar-refractivity contribution in [1.29, 1.82) is 0 Å². The Morgan fingerprint density at radius 3 is 2.05 bits per heavy atom. The SMILES string of the molecule is CCCCCCCCCCCCO[C@H]1CNC[C@@H](O)[C@@H]1O. The van der Waals surface area contributed by atoms with Crippen LogP contribution in [0.1, 0.15) is 71.1 Å². The Kier molecular flexibility index (Phi) is 11.1. The third kappa shape index (κ3) is 8.77. The van der Waals surface area contributed by atoms with Crippen molar-refractivity contribution in [3.8, 4) is 0 Å². The fraction of sp³-hybridized carbons (Fsp3) is 1.00. The van der Waals surface area contributed by atoms with Crippen LogP contribution in [0.5, 0.6) is 0 Å². The van der Waals surface area contributed by atoms with E-state index in [1.165, 1.54) is 57.8 Å². The molecule has 0 radical (unpaired) electrons. The van der Waals surface area contributed by atoms with Gasteiger partial charge in [0.25, 0.3) is 0 Å². The highest BCUT2D eigenvalue weighted by atomic mass is 16.5. The summed E-state index contributed by atoms with van der Waals surface area (Å²) >= 11 is 0. The molecule has 1 rings (SSSR count). The van der Waals surface area contributed by atoms with Gasteiger partial charge in [-0.3, -0.25) is 0 Å². The van der Waals surface area contributed by atoms with E-state index in [0.29, 0.717) is 19.7 Å². The van der Waals surface area contributed by atoms with E-state index in [-0.39, 0.29) is 6.10 Å². The van der Waals surface area contributed by atoms with E-state index >= 15 is 0 Å².